The van der Waals surface area contributed by atoms with Crippen molar-refractivity contribution < 1.29 is 24.2 Å². The van der Waals surface area contributed by atoms with Gasteiger partial charge in [-0.2, -0.15) is 0 Å². The SMILES string of the molecule is Cc1cc(F)ccc1C(=O)NC(C(=O)O)C(C)O. The van der Waals surface area contributed by atoms with E-state index in [-0.39, 0.29) is 5.56 Å². The fourth-order valence-corrected chi connectivity index (χ4v) is 1.49. The minimum Gasteiger partial charge on any atom is -0.480 e. The molecule has 0 radical (unpaired) electrons. The number of rotatable bonds is 4. The van der Waals surface area contributed by atoms with Crippen molar-refractivity contribution in [1.29, 1.82) is 0 Å². The minimum atomic E-state index is -1.40. The molecule has 0 aliphatic rings. The van der Waals surface area contributed by atoms with Gasteiger partial charge in [0.1, 0.15) is 5.82 Å². The van der Waals surface area contributed by atoms with Crippen LogP contribution in [-0.2, 0) is 4.79 Å². The lowest BCUT2D eigenvalue weighted by molar-refractivity contribution is -0.141. The smallest absolute Gasteiger partial charge is 0.328 e. The van der Waals surface area contributed by atoms with E-state index in [0.717, 1.165) is 6.07 Å². The Kier molecular flexibility index (Phi) is 4.38. The van der Waals surface area contributed by atoms with Gasteiger partial charge in [0, 0.05) is 5.56 Å². The average Bonchev–Trinajstić information content (AvgIpc) is 2.24. The number of hydrogen-bond acceptors (Lipinski definition) is 3. The molecule has 6 heteroatoms. The molecule has 1 aromatic carbocycles. The summed E-state index contributed by atoms with van der Waals surface area (Å²) in [5, 5.41) is 20.2. The molecule has 0 spiro atoms. The molecule has 98 valence electrons. The highest BCUT2D eigenvalue weighted by molar-refractivity contribution is 5.97. The Balaban J connectivity index is 2.91. The van der Waals surface area contributed by atoms with E-state index in [4.69, 9.17) is 5.11 Å². The monoisotopic (exact) mass is 255 g/mol. The summed E-state index contributed by atoms with van der Waals surface area (Å²) >= 11 is 0. The highest BCUT2D eigenvalue weighted by atomic mass is 19.1. The summed E-state index contributed by atoms with van der Waals surface area (Å²) in [6.45, 7) is 2.80. The number of aliphatic hydroxyl groups is 1. The van der Waals surface area contributed by atoms with Crippen LogP contribution < -0.4 is 5.32 Å². The van der Waals surface area contributed by atoms with Crippen LogP contribution in [-0.4, -0.2) is 34.2 Å². The van der Waals surface area contributed by atoms with Gasteiger partial charge in [0.2, 0.25) is 0 Å². The van der Waals surface area contributed by atoms with Gasteiger partial charge in [-0.1, -0.05) is 0 Å². The minimum absolute atomic E-state index is 0.170. The normalized spacial score (nSPS) is 13.8. The molecule has 1 aromatic rings. The number of carbonyl (C=O) groups excluding carboxylic acids is 1. The fourth-order valence-electron chi connectivity index (χ4n) is 1.49. The summed E-state index contributed by atoms with van der Waals surface area (Å²) in [6, 6.07) is 2.15. The molecule has 3 N–H and O–H groups in total. The van der Waals surface area contributed by atoms with Crippen molar-refractivity contribution in [3.63, 3.8) is 0 Å². The van der Waals surface area contributed by atoms with Gasteiger partial charge >= 0.3 is 5.97 Å². The Bertz CT molecular complexity index is 473. The topological polar surface area (TPSA) is 86.6 Å². The third-order valence-corrected chi connectivity index (χ3v) is 2.47. The number of halogens is 1. The number of aliphatic hydroxyl groups excluding tert-OH is 1. The van der Waals surface area contributed by atoms with Crippen molar-refractivity contribution in [3.8, 4) is 0 Å². The number of hydrogen-bond donors (Lipinski definition) is 3. The van der Waals surface area contributed by atoms with Crippen molar-refractivity contribution in [2.75, 3.05) is 0 Å². The van der Waals surface area contributed by atoms with E-state index < -0.39 is 29.8 Å². The predicted octanol–water partition coefficient (Wildman–Crippen LogP) is 0.698. The van der Waals surface area contributed by atoms with Gasteiger partial charge in [-0.05, 0) is 37.6 Å². The van der Waals surface area contributed by atoms with Crippen LogP contribution in [0.1, 0.15) is 22.8 Å². The zero-order chi connectivity index (χ0) is 13.9. The van der Waals surface area contributed by atoms with Crippen molar-refractivity contribution in [1.82, 2.24) is 5.32 Å². The summed E-state index contributed by atoms with van der Waals surface area (Å²) in [6.07, 6.45) is -1.23. The number of nitrogens with one attached hydrogen (secondary N) is 1. The summed E-state index contributed by atoms with van der Waals surface area (Å²) in [5.74, 6) is -2.48. The van der Waals surface area contributed by atoms with Crippen molar-refractivity contribution in [3.05, 3.63) is 35.1 Å². The molecule has 0 aromatic heterocycles. The number of benzene rings is 1. The number of carboxylic acids is 1. The van der Waals surface area contributed by atoms with Crippen LogP contribution in [0.2, 0.25) is 0 Å². The molecular formula is C12H14FNO4. The summed E-state index contributed by atoms with van der Waals surface area (Å²) in [5.41, 5.74) is 0.561. The third kappa shape index (κ3) is 3.27. The first-order valence-corrected chi connectivity index (χ1v) is 5.31. The van der Waals surface area contributed by atoms with Gasteiger partial charge in [-0.25, -0.2) is 9.18 Å². The van der Waals surface area contributed by atoms with Gasteiger partial charge in [0.25, 0.3) is 5.91 Å². The van der Waals surface area contributed by atoms with Gasteiger partial charge in [0.05, 0.1) is 6.10 Å². The molecule has 2 atom stereocenters. The Hall–Kier alpha value is -1.95. The molecule has 1 amide bonds. The first-order chi connectivity index (χ1) is 8.32. The van der Waals surface area contributed by atoms with E-state index in [9.17, 15) is 19.1 Å². The number of amides is 1. The second kappa shape index (κ2) is 5.59. The van der Waals surface area contributed by atoms with Crippen molar-refractivity contribution >= 4 is 11.9 Å². The first kappa shape index (κ1) is 14.1. The molecule has 18 heavy (non-hydrogen) atoms. The number of aryl methyl sites for hydroxylation is 1. The number of carbonyl (C=O) groups is 2. The Morgan fingerprint density at radius 2 is 2.00 bits per heavy atom. The lowest BCUT2D eigenvalue weighted by Gasteiger charge is -2.17. The zero-order valence-corrected chi connectivity index (χ0v) is 9.98. The molecule has 0 heterocycles. The van der Waals surface area contributed by atoms with Gasteiger partial charge in [0.15, 0.2) is 6.04 Å². The van der Waals surface area contributed by atoms with Gasteiger partial charge in [-0.3, -0.25) is 4.79 Å². The maximum absolute atomic E-state index is 12.9. The molecule has 2 unspecified atom stereocenters. The first-order valence-electron chi connectivity index (χ1n) is 5.31. The average molecular weight is 255 g/mol. The molecule has 0 saturated carbocycles. The van der Waals surface area contributed by atoms with E-state index in [1.165, 1.54) is 26.0 Å². The highest BCUT2D eigenvalue weighted by Crippen LogP contribution is 2.10. The second-order valence-corrected chi connectivity index (χ2v) is 3.99. The quantitative estimate of drug-likeness (QED) is 0.739. The van der Waals surface area contributed by atoms with Crippen LogP contribution in [0.25, 0.3) is 0 Å². The number of aliphatic carboxylic acids is 1. The van der Waals surface area contributed by atoms with Crippen LogP contribution in [0, 0.1) is 12.7 Å². The lowest BCUT2D eigenvalue weighted by Crippen LogP contribution is -2.47. The van der Waals surface area contributed by atoms with Gasteiger partial charge in [-0.15, -0.1) is 0 Å². The van der Waals surface area contributed by atoms with Crippen LogP contribution in [0.4, 0.5) is 4.39 Å². The zero-order valence-electron chi connectivity index (χ0n) is 9.98. The van der Waals surface area contributed by atoms with Crippen molar-refractivity contribution in [2.45, 2.75) is 26.0 Å². The van der Waals surface area contributed by atoms with E-state index in [0.29, 0.717) is 5.56 Å². The fraction of sp³-hybridized carbons (Fsp3) is 0.333. The van der Waals surface area contributed by atoms with Crippen LogP contribution >= 0.6 is 0 Å². The van der Waals surface area contributed by atoms with Gasteiger partial charge < -0.3 is 15.5 Å². The highest BCUT2D eigenvalue weighted by Gasteiger charge is 2.25. The molecule has 0 bridgehead atoms. The Morgan fingerprint density at radius 1 is 1.39 bits per heavy atom. The van der Waals surface area contributed by atoms with E-state index in [2.05, 4.69) is 5.32 Å². The number of carboxylic acid groups (broad SMARTS) is 1. The maximum atomic E-state index is 12.9. The summed E-state index contributed by atoms with van der Waals surface area (Å²) in [7, 11) is 0. The predicted molar refractivity (Wildman–Crippen MR) is 61.7 cm³/mol. The largest absolute Gasteiger partial charge is 0.480 e. The van der Waals surface area contributed by atoms with E-state index in [1.54, 1.807) is 0 Å². The Morgan fingerprint density at radius 3 is 2.44 bits per heavy atom. The van der Waals surface area contributed by atoms with Crippen LogP contribution in [0.15, 0.2) is 18.2 Å². The van der Waals surface area contributed by atoms with E-state index in [1.807, 2.05) is 0 Å². The molecule has 1 rings (SSSR count). The third-order valence-electron chi connectivity index (χ3n) is 2.47. The van der Waals surface area contributed by atoms with Crippen molar-refractivity contribution in [2.24, 2.45) is 0 Å². The lowest BCUT2D eigenvalue weighted by atomic mass is 10.1. The second-order valence-electron chi connectivity index (χ2n) is 3.99. The molecule has 0 fully saturated rings. The Labute approximate surface area is 103 Å². The molecule has 0 aliphatic carbocycles. The molecule has 0 saturated heterocycles. The molecular weight excluding hydrogens is 241 g/mol. The van der Waals surface area contributed by atoms with Crippen LogP contribution in [0.3, 0.4) is 0 Å². The molecule has 5 nitrogen and oxygen atoms in total. The summed E-state index contributed by atoms with van der Waals surface area (Å²) < 4.78 is 12.9. The maximum Gasteiger partial charge on any atom is 0.328 e. The van der Waals surface area contributed by atoms with Crippen LogP contribution in [0.5, 0.6) is 0 Å². The standard InChI is InChI=1S/C12H14FNO4/c1-6-5-8(13)3-4-9(6)11(16)14-10(7(2)15)12(17)18/h3-5,7,10,15H,1-2H3,(H,14,16)(H,17,18). The molecule has 0 aliphatic heterocycles. The van der Waals surface area contributed by atoms with E-state index >= 15 is 0 Å². The summed E-state index contributed by atoms with van der Waals surface area (Å²) in [4.78, 5) is 22.6.